The molecule has 0 aliphatic carbocycles. The van der Waals surface area contributed by atoms with E-state index in [0.29, 0.717) is 0 Å². The Balaban J connectivity index is 1.31. The highest BCUT2D eigenvalue weighted by Crippen LogP contribution is 2.14. The van der Waals surface area contributed by atoms with Crippen molar-refractivity contribution in [1.82, 2.24) is 15.2 Å². The standard InChI is InChI=1S/C22H25N3/c1(2-5-11-19-12-6-4-7-13-19)3-8-14-20-16-17-22(25-24-20)21-15-9-10-18-23-21/h4,6-7,9-10,12-13,15-18H,1-3,5,8,11,14H2. The van der Waals surface area contributed by atoms with Crippen LogP contribution in [-0.4, -0.2) is 15.2 Å². The van der Waals surface area contributed by atoms with Crippen LogP contribution in [0.5, 0.6) is 0 Å². The summed E-state index contributed by atoms with van der Waals surface area (Å²) in [6.07, 6.45) is 10.3. The Morgan fingerprint density at radius 1 is 0.560 bits per heavy atom. The van der Waals surface area contributed by atoms with Gasteiger partial charge in [-0.1, -0.05) is 55.7 Å². The van der Waals surface area contributed by atoms with Gasteiger partial charge in [0, 0.05) is 6.20 Å². The van der Waals surface area contributed by atoms with Gasteiger partial charge in [0.05, 0.1) is 11.4 Å². The third-order valence-electron chi connectivity index (χ3n) is 4.39. The molecule has 0 spiro atoms. The lowest BCUT2D eigenvalue weighted by atomic mass is 10.0. The number of rotatable bonds is 9. The average Bonchev–Trinajstić information content (AvgIpc) is 2.69. The Kier molecular flexibility index (Phi) is 6.69. The Morgan fingerprint density at radius 2 is 1.32 bits per heavy atom. The molecule has 3 nitrogen and oxygen atoms in total. The lowest BCUT2D eigenvalue weighted by Crippen LogP contribution is -1.96. The first-order chi connectivity index (χ1) is 12.4. The highest BCUT2D eigenvalue weighted by Gasteiger charge is 2.02. The molecule has 2 heterocycles. The fourth-order valence-corrected chi connectivity index (χ4v) is 2.95. The number of aromatic nitrogens is 3. The van der Waals surface area contributed by atoms with Crippen molar-refractivity contribution < 1.29 is 0 Å². The molecule has 25 heavy (non-hydrogen) atoms. The van der Waals surface area contributed by atoms with Crippen molar-refractivity contribution in [3.05, 3.63) is 78.1 Å². The molecular weight excluding hydrogens is 306 g/mol. The second kappa shape index (κ2) is 9.67. The molecule has 128 valence electrons. The van der Waals surface area contributed by atoms with E-state index in [-0.39, 0.29) is 0 Å². The molecule has 2 aromatic heterocycles. The quantitative estimate of drug-likeness (QED) is 0.501. The predicted octanol–water partition coefficient (Wildman–Crippen LogP) is 5.27. The van der Waals surface area contributed by atoms with E-state index in [0.717, 1.165) is 23.5 Å². The second-order valence-corrected chi connectivity index (χ2v) is 6.38. The molecule has 0 aliphatic rings. The van der Waals surface area contributed by atoms with Gasteiger partial charge in [0.2, 0.25) is 0 Å². The van der Waals surface area contributed by atoms with E-state index in [9.17, 15) is 0 Å². The van der Waals surface area contributed by atoms with Crippen molar-refractivity contribution in [3.8, 4) is 11.4 Å². The van der Waals surface area contributed by atoms with Crippen LogP contribution in [0.25, 0.3) is 11.4 Å². The monoisotopic (exact) mass is 331 g/mol. The SMILES string of the molecule is c1ccc(CCCCCCCc2ccc(-c3ccccn3)nn2)cc1. The maximum absolute atomic E-state index is 4.34. The molecule has 0 unspecified atom stereocenters. The topological polar surface area (TPSA) is 38.7 Å². The van der Waals surface area contributed by atoms with Crippen molar-refractivity contribution >= 4 is 0 Å². The van der Waals surface area contributed by atoms with Gasteiger partial charge in [-0.3, -0.25) is 4.98 Å². The van der Waals surface area contributed by atoms with Gasteiger partial charge in [-0.25, -0.2) is 0 Å². The molecule has 3 heteroatoms. The Morgan fingerprint density at radius 3 is 2.04 bits per heavy atom. The zero-order chi connectivity index (χ0) is 17.2. The predicted molar refractivity (Wildman–Crippen MR) is 102 cm³/mol. The molecule has 0 N–H and O–H groups in total. The van der Waals surface area contributed by atoms with Crippen molar-refractivity contribution in [2.24, 2.45) is 0 Å². The summed E-state index contributed by atoms with van der Waals surface area (Å²) in [5.74, 6) is 0. The van der Waals surface area contributed by atoms with E-state index in [1.54, 1.807) is 6.20 Å². The summed E-state index contributed by atoms with van der Waals surface area (Å²) in [7, 11) is 0. The van der Waals surface area contributed by atoms with Gasteiger partial charge in [-0.2, -0.15) is 5.10 Å². The van der Waals surface area contributed by atoms with E-state index in [1.165, 1.54) is 44.1 Å². The van der Waals surface area contributed by atoms with Crippen LogP contribution >= 0.6 is 0 Å². The molecule has 0 saturated heterocycles. The first-order valence-corrected chi connectivity index (χ1v) is 9.20. The van der Waals surface area contributed by atoms with Crippen LogP contribution in [0, 0.1) is 0 Å². The van der Waals surface area contributed by atoms with Crippen molar-refractivity contribution in [2.45, 2.75) is 44.9 Å². The summed E-state index contributed by atoms with van der Waals surface area (Å²) in [5.41, 5.74) is 4.24. The third kappa shape index (κ3) is 5.79. The summed E-state index contributed by atoms with van der Waals surface area (Å²) in [5, 5.41) is 8.64. The average molecular weight is 331 g/mol. The molecule has 0 bridgehead atoms. The molecule has 0 fully saturated rings. The maximum Gasteiger partial charge on any atom is 0.111 e. The first kappa shape index (κ1) is 17.3. The lowest BCUT2D eigenvalue weighted by molar-refractivity contribution is 0.608. The van der Waals surface area contributed by atoms with Crippen LogP contribution in [0.15, 0.2) is 66.9 Å². The molecule has 0 radical (unpaired) electrons. The molecule has 0 aliphatic heterocycles. The Labute approximate surface area is 150 Å². The Hall–Kier alpha value is -2.55. The summed E-state index contributed by atoms with van der Waals surface area (Å²) in [6, 6.07) is 20.7. The molecule has 0 atom stereocenters. The van der Waals surface area contributed by atoms with Crippen LogP contribution in [0.4, 0.5) is 0 Å². The van der Waals surface area contributed by atoms with E-state index >= 15 is 0 Å². The normalized spacial score (nSPS) is 10.7. The largest absolute Gasteiger partial charge is 0.255 e. The minimum absolute atomic E-state index is 0.838. The van der Waals surface area contributed by atoms with Crippen molar-refractivity contribution in [1.29, 1.82) is 0 Å². The summed E-state index contributed by atoms with van der Waals surface area (Å²) >= 11 is 0. The van der Waals surface area contributed by atoms with Gasteiger partial charge in [0.15, 0.2) is 0 Å². The van der Waals surface area contributed by atoms with Crippen LogP contribution in [-0.2, 0) is 12.8 Å². The van der Waals surface area contributed by atoms with Gasteiger partial charge < -0.3 is 0 Å². The second-order valence-electron chi connectivity index (χ2n) is 6.38. The van der Waals surface area contributed by atoms with Gasteiger partial charge in [-0.05, 0) is 55.5 Å². The fourth-order valence-electron chi connectivity index (χ4n) is 2.95. The fraction of sp³-hybridized carbons (Fsp3) is 0.318. The van der Waals surface area contributed by atoms with Gasteiger partial charge in [0.1, 0.15) is 5.69 Å². The number of nitrogens with zero attached hydrogens (tertiary/aromatic N) is 3. The molecular formula is C22H25N3. The minimum atomic E-state index is 0.838. The van der Waals surface area contributed by atoms with Crippen molar-refractivity contribution in [3.63, 3.8) is 0 Å². The maximum atomic E-state index is 4.34. The molecule has 0 amide bonds. The van der Waals surface area contributed by atoms with E-state index in [4.69, 9.17) is 0 Å². The molecule has 3 aromatic rings. The summed E-state index contributed by atoms with van der Waals surface area (Å²) in [6.45, 7) is 0. The number of hydrogen-bond acceptors (Lipinski definition) is 3. The number of pyridine rings is 1. The van der Waals surface area contributed by atoms with Crippen molar-refractivity contribution in [2.75, 3.05) is 0 Å². The van der Waals surface area contributed by atoms with Gasteiger partial charge >= 0.3 is 0 Å². The summed E-state index contributed by atoms with van der Waals surface area (Å²) in [4.78, 5) is 4.30. The number of aryl methyl sites for hydroxylation is 2. The number of unbranched alkanes of at least 4 members (excludes halogenated alkanes) is 4. The van der Waals surface area contributed by atoms with E-state index < -0.39 is 0 Å². The number of hydrogen-bond donors (Lipinski definition) is 0. The smallest absolute Gasteiger partial charge is 0.111 e. The zero-order valence-corrected chi connectivity index (χ0v) is 14.6. The van der Waals surface area contributed by atoms with Gasteiger partial charge in [-0.15, -0.1) is 5.10 Å². The van der Waals surface area contributed by atoms with E-state index in [1.807, 2.05) is 24.3 Å². The highest BCUT2D eigenvalue weighted by atomic mass is 15.1. The number of benzene rings is 1. The van der Waals surface area contributed by atoms with Crippen LogP contribution in [0.1, 0.15) is 43.4 Å². The molecule has 0 saturated carbocycles. The van der Waals surface area contributed by atoms with Crippen LogP contribution in [0.3, 0.4) is 0 Å². The lowest BCUT2D eigenvalue weighted by Gasteiger charge is -2.03. The zero-order valence-electron chi connectivity index (χ0n) is 14.6. The first-order valence-electron chi connectivity index (χ1n) is 9.20. The molecule has 1 aromatic carbocycles. The minimum Gasteiger partial charge on any atom is -0.255 e. The third-order valence-corrected chi connectivity index (χ3v) is 4.39. The Bertz CT molecular complexity index is 724. The summed E-state index contributed by atoms with van der Waals surface area (Å²) < 4.78 is 0. The highest BCUT2D eigenvalue weighted by molar-refractivity contribution is 5.52. The van der Waals surface area contributed by atoms with E-state index in [2.05, 4.69) is 51.6 Å². The van der Waals surface area contributed by atoms with Crippen LogP contribution in [0.2, 0.25) is 0 Å². The van der Waals surface area contributed by atoms with Crippen LogP contribution < -0.4 is 0 Å². The van der Waals surface area contributed by atoms with Gasteiger partial charge in [0.25, 0.3) is 0 Å². The molecule has 3 rings (SSSR count).